The van der Waals surface area contributed by atoms with Crippen LogP contribution in [0.4, 0.5) is 18.9 Å². The predicted octanol–water partition coefficient (Wildman–Crippen LogP) is 1.31. The van der Waals surface area contributed by atoms with Gasteiger partial charge in [0.05, 0.1) is 19.3 Å². The minimum Gasteiger partial charge on any atom is -0.495 e. The molecule has 2 amide bonds. The van der Waals surface area contributed by atoms with Crippen LogP contribution in [0.2, 0.25) is 0 Å². The molecular weight excluding hydrogens is 265 g/mol. The molecule has 2 N–H and O–H groups in total. The van der Waals surface area contributed by atoms with E-state index in [1.54, 1.807) is 18.2 Å². The molecule has 5 nitrogen and oxygen atoms in total. The maximum Gasteiger partial charge on any atom is 0.471 e. The first-order valence-electron chi connectivity index (χ1n) is 5.12. The quantitative estimate of drug-likeness (QED) is 0.871. The topological polar surface area (TPSA) is 67.4 Å². The standard InChI is InChI=1S/C11H11F3N2O3/c1-19-8-5-3-2-4-7(8)16-9(17)6-15-10(18)11(12,13)14/h2-5H,6H2,1H3,(H,15,18)(H,16,17). The van der Waals surface area contributed by atoms with Crippen molar-refractivity contribution in [1.29, 1.82) is 0 Å². The van der Waals surface area contributed by atoms with Crippen molar-refractivity contribution in [2.24, 2.45) is 0 Å². The van der Waals surface area contributed by atoms with Crippen LogP contribution in [-0.4, -0.2) is 31.6 Å². The normalized spacial score (nSPS) is 10.7. The van der Waals surface area contributed by atoms with Crippen molar-refractivity contribution in [3.8, 4) is 5.75 Å². The number of para-hydroxylation sites is 2. The number of halogens is 3. The average Bonchev–Trinajstić information content (AvgIpc) is 2.35. The van der Waals surface area contributed by atoms with E-state index in [0.717, 1.165) is 0 Å². The second-order valence-corrected chi connectivity index (χ2v) is 3.43. The Labute approximate surface area is 106 Å². The molecule has 1 aromatic carbocycles. The van der Waals surface area contributed by atoms with Gasteiger partial charge in [0, 0.05) is 0 Å². The number of hydrogen-bond acceptors (Lipinski definition) is 3. The van der Waals surface area contributed by atoms with Crippen LogP contribution in [0.5, 0.6) is 5.75 Å². The number of amides is 2. The number of rotatable bonds is 4. The number of benzene rings is 1. The van der Waals surface area contributed by atoms with E-state index in [1.165, 1.54) is 18.5 Å². The van der Waals surface area contributed by atoms with Gasteiger partial charge in [0.25, 0.3) is 0 Å². The van der Waals surface area contributed by atoms with E-state index >= 15 is 0 Å². The van der Waals surface area contributed by atoms with Gasteiger partial charge >= 0.3 is 12.1 Å². The molecule has 104 valence electrons. The molecule has 0 aromatic heterocycles. The highest BCUT2D eigenvalue weighted by Gasteiger charge is 2.38. The van der Waals surface area contributed by atoms with Crippen LogP contribution >= 0.6 is 0 Å². The van der Waals surface area contributed by atoms with Gasteiger partial charge < -0.3 is 15.4 Å². The third-order valence-corrected chi connectivity index (χ3v) is 2.05. The molecule has 0 aliphatic heterocycles. The van der Waals surface area contributed by atoms with Crippen molar-refractivity contribution in [2.75, 3.05) is 19.0 Å². The zero-order valence-electron chi connectivity index (χ0n) is 9.88. The van der Waals surface area contributed by atoms with Crippen molar-refractivity contribution in [3.05, 3.63) is 24.3 Å². The lowest BCUT2D eigenvalue weighted by molar-refractivity contribution is -0.173. The molecule has 19 heavy (non-hydrogen) atoms. The summed E-state index contributed by atoms with van der Waals surface area (Å²) in [6.45, 7) is -0.781. The Morgan fingerprint density at radius 2 is 1.89 bits per heavy atom. The Morgan fingerprint density at radius 1 is 1.26 bits per heavy atom. The molecular formula is C11H11F3N2O3. The highest BCUT2D eigenvalue weighted by molar-refractivity contribution is 5.96. The van der Waals surface area contributed by atoms with Crippen LogP contribution in [-0.2, 0) is 9.59 Å². The van der Waals surface area contributed by atoms with Gasteiger partial charge in [-0.15, -0.1) is 0 Å². The number of ether oxygens (including phenoxy) is 1. The fourth-order valence-electron chi connectivity index (χ4n) is 1.20. The predicted molar refractivity (Wildman–Crippen MR) is 60.7 cm³/mol. The Kier molecular flexibility index (Phi) is 4.74. The van der Waals surface area contributed by atoms with Crippen LogP contribution in [0.1, 0.15) is 0 Å². The van der Waals surface area contributed by atoms with Gasteiger partial charge in [0.1, 0.15) is 5.75 Å². The summed E-state index contributed by atoms with van der Waals surface area (Å²) in [6.07, 6.45) is -5.01. The van der Waals surface area contributed by atoms with Crippen LogP contribution in [0, 0.1) is 0 Å². The van der Waals surface area contributed by atoms with Crippen molar-refractivity contribution >= 4 is 17.5 Å². The zero-order chi connectivity index (χ0) is 14.5. The highest BCUT2D eigenvalue weighted by Crippen LogP contribution is 2.22. The van der Waals surface area contributed by atoms with Gasteiger partial charge in [0.15, 0.2) is 0 Å². The molecule has 0 atom stereocenters. The molecule has 0 heterocycles. The molecule has 0 bridgehead atoms. The van der Waals surface area contributed by atoms with E-state index < -0.39 is 24.5 Å². The van der Waals surface area contributed by atoms with Crippen LogP contribution in [0.25, 0.3) is 0 Å². The van der Waals surface area contributed by atoms with Crippen LogP contribution in [0.3, 0.4) is 0 Å². The smallest absolute Gasteiger partial charge is 0.471 e. The molecule has 0 fully saturated rings. The fraction of sp³-hybridized carbons (Fsp3) is 0.273. The summed E-state index contributed by atoms with van der Waals surface area (Å²) >= 11 is 0. The largest absolute Gasteiger partial charge is 0.495 e. The van der Waals surface area contributed by atoms with E-state index in [1.807, 2.05) is 0 Å². The molecule has 0 radical (unpaired) electrons. The SMILES string of the molecule is COc1ccccc1NC(=O)CNC(=O)C(F)(F)F. The fourth-order valence-corrected chi connectivity index (χ4v) is 1.20. The lowest BCUT2D eigenvalue weighted by Crippen LogP contribution is -2.41. The highest BCUT2D eigenvalue weighted by atomic mass is 19.4. The van der Waals surface area contributed by atoms with Crippen molar-refractivity contribution in [3.63, 3.8) is 0 Å². The first kappa shape index (κ1) is 14.8. The summed E-state index contributed by atoms with van der Waals surface area (Å²) in [7, 11) is 1.39. The molecule has 0 unspecified atom stereocenters. The number of nitrogens with one attached hydrogen (secondary N) is 2. The van der Waals surface area contributed by atoms with Crippen molar-refractivity contribution < 1.29 is 27.5 Å². The summed E-state index contributed by atoms with van der Waals surface area (Å²) in [5.74, 6) is -2.59. The zero-order valence-corrected chi connectivity index (χ0v) is 9.88. The maximum atomic E-state index is 11.9. The van der Waals surface area contributed by atoms with Crippen molar-refractivity contribution in [1.82, 2.24) is 5.32 Å². The Morgan fingerprint density at radius 3 is 2.47 bits per heavy atom. The third kappa shape index (κ3) is 4.49. The van der Waals surface area contributed by atoms with Gasteiger partial charge in [-0.25, -0.2) is 0 Å². The molecule has 0 aliphatic carbocycles. The number of carbonyl (C=O) groups is 2. The second-order valence-electron chi connectivity index (χ2n) is 3.43. The monoisotopic (exact) mass is 276 g/mol. The van der Waals surface area contributed by atoms with Crippen LogP contribution < -0.4 is 15.4 Å². The first-order chi connectivity index (χ1) is 8.84. The first-order valence-corrected chi connectivity index (χ1v) is 5.12. The maximum absolute atomic E-state index is 11.9. The third-order valence-electron chi connectivity index (χ3n) is 2.05. The summed E-state index contributed by atoms with van der Waals surface area (Å²) in [4.78, 5) is 21.9. The average molecular weight is 276 g/mol. The Balaban J connectivity index is 2.54. The molecule has 0 saturated heterocycles. The van der Waals surface area contributed by atoms with E-state index in [0.29, 0.717) is 11.4 Å². The van der Waals surface area contributed by atoms with E-state index in [-0.39, 0.29) is 0 Å². The second kappa shape index (κ2) is 6.07. The minimum atomic E-state index is -5.01. The molecule has 0 spiro atoms. The summed E-state index contributed by atoms with van der Waals surface area (Å²) in [5.41, 5.74) is 0.302. The number of anilines is 1. The molecule has 0 saturated carbocycles. The van der Waals surface area contributed by atoms with Crippen molar-refractivity contribution in [2.45, 2.75) is 6.18 Å². The number of carbonyl (C=O) groups excluding carboxylic acids is 2. The Bertz CT molecular complexity index is 474. The van der Waals surface area contributed by atoms with Gasteiger partial charge in [-0.2, -0.15) is 13.2 Å². The number of methoxy groups -OCH3 is 1. The lowest BCUT2D eigenvalue weighted by atomic mass is 10.3. The number of hydrogen-bond donors (Lipinski definition) is 2. The van der Waals surface area contributed by atoms with Crippen LogP contribution in [0.15, 0.2) is 24.3 Å². The van der Waals surface area contributed by atoms with Gasteiger partial charge in [-0.05, 0) is 12.1 Å². The van der Waals surface area contributed by atoms with E-state index in [2.05, 4.69) is 5.32 Å². The molecule has 1 aromatic rings. The molecule has 1 rings (SSSR count). The summed E-state index contributed by atoms with van der Waals surface area (Å²) in [5, 5.41) is 3.79. The molecule has 8 heteroatoms. The minimum absolute atomic E-state index is 0.302. The van der Waals surface area contributed by atoms with E-state index in [4.69, 9.17) is 4.74 Å². The van der Waals surface area contributed by atoms with Gasteiger partial charge in [-0.3, -0.25) is 9.59 Å². The summed E-state index contributed by atoms with van der Waals surface area (Å²) in [6, 6.07) is 6.37. The van der Waals surface area contributed by atoms with Gasteiger partial charge in [-0.1, -0.05) is 12.1 Å². The van der Waals surface area contributed by atoms with Gasteiger partial charge in [0.2, 0.25) is 5.91 Å². The summed E-state index contributed by atoms with van der Waals surface area (Å²) < 4.78 is 40.6. The number of alkyl halides is 3. The molecule has 0 aliphatic rings. The lowest BCUT2D eigenvalue weighted by Gasteiger charge is -2.11. The van der Waals surface area contributed by atoms with E-state index in [9.17, 15) is 22.8 Å². The Hall–Kier alpha value is -2.25.